The summed E-state index contributed by atoms with van der Waals surface area (Å²) >= 11 is 0. The van der Waals surface area contributed by atoms with Crippen molar-refractivity contribution in [2.24, 2.45) is 0 Å². The van der Waals surface area contributed by atoms with Gasteiger partial charge in [-0.3, -0.25) is 4.79 Å². The van der Waals surface area contributed by atoms with Gasteiger partial charge in [0.05, 0.1) is 17.8 Å². The van der Waals surface area contributed by atoms with E-state index >= 15 is 0 Å². The number of rotatable bonds is 5. The molecule has 0 aromatic rings. The first-order valence-electron chi connectivity index (χ1n) is 9.86. The topological polar surface area (TPSA) is 96.2 Å². The van der Waals surface area contributed by atoms with E-state index in [9.17, 15) is 20.1 Å². The van der Waals surface area contributed by atoms with Crippen molar-refractivity contribution in [1.82, 2.24) is 0 Å². The molecule has 2 aliphatic heterocycles. The fourth-order valence-electron chi connectivity index (χ4n) is 4.19. The largest absolute Gasteiger partial charge is 0.486 e. The molecule has 3 aliphatic rings. The molecule has 0 spiro atoms. The van der Waals surface area contributed by atoms with Gasteiger partial charge in [-0.25, -0.2) is 0 Å². The number of aliphatic hydroxyl groups is 3. The molecule has 5 atom stereocenters. The van der Waals surface area contributed by atoms with Crippen LogP contribution in [0.25, 0.3) is 0 Å². The van der Waals surface area contributed by atoms with Crippen LogP contribution in [0.5, 0.6) is 0 Å². The van der Waals surface area contributed by atoms with E-state index in [0.29, 0.717) is 49.9 Å². The molecule has 152 valence electrons. The van der Waals surface area contributed by atoms with Crippen LogP contribution in [0.1, 0.15) is 66.2 Å². The van der Waals surface area contributed by atoms with Gasteiger partial charge >= 0.3 is 0 Å². The fourth-order valence-corrected chi connectivity index (χ4v) is 4.19. The molecule has 1 fully saturated rings. The highest BCUT2D eigenvalue weighted by Gasteiger charge is 2.52. The quantitative estimate of drug-likeness (QED) is 0.633. The number of allylic oxidation sites excluding steroid dienone is 1. The van der Waals surface area contributed by atoms with Crippen molar-refractivity contribution in [2.75, 3.05) is 0 Å². The Balaban J connectivity index is 1.64. The Morgan fingerprint density at radius 2 is 2.15 bits per heavy atom. The van der Waals surface area contributed by atoms with Crippen LogP contribution in [0, 0.1) is 0 Å². The van der Waals surface area contributed by atoms with E-state index in [4.69, 9.17) is 9.47 Å². The lowest BCUT2D eigenvalue weighted by Crippen LogP contribution is -2.45. The highest BCUT2D eigenvalue weighted by Crippen LogP contribution is 2.46. The van der Waals surface area contributed by atoms with Crippen molar-refractivity contribution in [3.8, 4) is 0 Å². The van der Waals surface area contributed by atoms with Gasteiger partial charge < -0.3 is 24.8 Å². The molecule has 1 saturated heterocycles. The van der Waals surface area contributed by atoms with Gasteiger partial charge in [0.25, 0.3) is 0 Å². The molecular formula is C21H32O6. The number of carbonyl (C=O) groups is 1. The van der Waals surface area contributed by atoms with E-state index in [0.717, 1.165) is 5.57 Å². The molecule has 0 saturated carbocycles. The van der Waals surface area contributed by atoms with Gasteiger partial charge in [0, 0.05) is 24.8 Å². The Labute approximate surface area is 160 Å². The van der Waals surface area contributed by atoms with Crippen molar-refractivity contribution >= 4 is 5.78 Å². The van der Waals surface area contributed by atoms with Gasteiger partial charge in [0.15, 0.2) is 5.78 Å². The molecule has 0 bridgehead atoms. The zero-order valence-corrected chi connectivity index (χ0v) is 16.7. The highest BCUT2D eigenvalue weighted by molar-refractivity contribution is 5.97. The summed E-state index contributed by atoms with van der Waals surface area (Å²) < 4.78 is 12.3. The number of aliphatic hydroxyl groups excluding tert-OH is 2. The Bertz CT molecular complexity index is 658. The minimum absolute atomic E-state index is 0.0525. The van der Waals surface area contributed by atoms with E-state index in [2.05, 4.69) is 0 Å². The second-order valence-corrected chi connectivity index (χ2v) is 9.03. The molecule has 0 aromatic heterocycles. The third-order valence-corrected chi connectivity index (χ3v) is 6.04. The molecule has 0 radical (unpaired) electrons. The number of hydrogen-bond donors (Lipinski definition) is 3. The third kappa shape index (κ3) is 4.29. The fraction of sp³-hybridized carbons (Fsp3) is 0.762. The number of hydrogen-bond acceptors (Lipinski definition) is 6. The third-order valence-electron chi connectivity index (χ3n) is 6.04. The summed E-state index contributed by atoms with van der Waals surface area (Å²) in [5, 5.41) is 30.0. The van der Waals surface area contributed by atoms with Gasteiger partial charge in [-0.1, -0.05) is 11.6 Å². The first-order valence-corrected chi connectivity index (χ1v) is 9.86. The lowest BCUT2D eigenvalue weighted by Gasteiger charge is -2.40. The van der Waals surface area contributed by atoms with Crippen molar-refractivity contribution in [2.45, 2.75) is 102 Å². The van der Waals surface area contributed by atoms with Crippen LogP contribution in [0.2, 0.25) is 0 Å². The predicted octanol–water partition coefficient (Wildman–Crippen LogP) is 2.16. The monoisotopic (exact) mass is 380 g/mol. The van der Waals surface area contributed by atoms with Crippen LogP contribution in [0.4, 0.5) is 0 Å². The number of fused-ring (bicyclic) bond motifs is 1. The van der Waals surface area contributed by atoms with E-state index in [1.165, 1.54) is 0 Å². The number of ketones is 1. The smallest absolute Gasteiger partial charge is 0.162 e. The lowest BCUT2D eigenvalue weighted by molar-refractivity contribution is -0.124. The Hall–Kier alpha value is -1.21. The maximum atomic E-state index is 12.2. The summed E-state index contributed by atoms with van der Waals surface area (Å²) in [6, 6.07) is 0. The standard InChI is InChI=1S/C21H32O6/c1-12(5-8-17(24)20(2,3)25)9-13-11-21(4)18(26-13)10-14-15(22)6-7-16(23)19(14)27-21/h9,13,16-18,23-25H,5-8,10-11H2,1-4H3/b12-9+/t13-,16-,17-,18+,21+/m0/s1. The second-order valence-electron chi connectivity index (χ2n) is 9.03. The summed E-state index contributed by atoms with van der Waals surface area (Å²) in [5.41, 5.74) is 0.00883. The first kappa shape index (κ1) is 20.5. The van der Waals surface area contributed by atoms with Gasteiger partial charge in [0.1, 0.15) is 23.6 Å². The zero-order chi connectivity index (χ0) is 20.0. The van der Waals surface area contributed by atoms with Crippen molar-refractivity contribution < 1.29 is 29.6 Å². The van der Waals surface area contributed by atoms with E-state index in [1.54, 1.807) is 13.8 Å². The average Bonchev–Trinajstić information content (AvgIpc) is 2.88. The minimum Gasteiger partial charge on any atom is -0.486 e. The normalized spacial score (nSPS) is 35.6. The number of carbonyl (C=O) groups excluding carboxylic acids is 1. The molecule has 0 aromatic carbocycles. The van der Waals surface area contributed by atoms with Crippen LogP contribution in [0.15, 0.2) is 23.0 Å². The van der Waals surface area contributed by atoms with E-state index in [-0.39, 0.29) is 18.0 Å². The van der Waals surface area contributed by atoms with Crippen molar-refractivity contribution in [3.63, 3.8) is 0 Å². The molecule has 2 heterocycles. The maximum Gasteiger partial charge on any atom is 0.162 e. The minimum atomic E-state index is -1.11. The lowest BCUT2D eigenvalue weighted by atomic mass is 9.82. The van der Waals surface area contributed by atoms with Crippen LogP contribution < -0.4 is 0 Å². The van der Waals surface area contributed by atoms with Gasteiger partial charge in [-0.05, 0) is 47.0 Å². The Morgan fingerprint density at radius 3 is 2.81 bits per heavy atom. The van der Waals surface area contributed by atoms with Gasteiger partial charge in [0.2, 0.25) is 0 Å². The predicted molar refractivity (Wildman–Crippen MR) is 100.0 cm³/mol. The van der Waals surface area contributed by atoms with Gasteiger partial charge in [-0.15, -0.1) is 0 Å². The molecular weight excluding hydrogens is 348 g/mol. The number of Topliss-reactive ketones (excluding diaryl/α,β-unsaturated/α-hetero) is 1. The van der Waals surface area contributed by atoms with Crippen molar-refractivity contribution in [3.05, 3.63) is 23.0 Å². The van der Waals surface area contributed by atoms with E-state index < -0.39 is 23.4 Å². The molecule has 6 nitrogen and oxygen atoms in total. The van der Waals surface area contributed by atoms with Crippen LogP contribution >= 0.6 is 0 Å². The summed E-state index contributed by atoms with van der Waals surface area (Å²) in [6.45, 7) is 7.17. The highest BCUT2D eigenvalue weighted by atomic mass is 16.6. The second kappa shape index (κ2) is 7.32. The first-order chi connectivity index (χ1) is 12.5. The Morgan fingerprint density at radius 1 is 1.44 bits per heavy atom. The summed E-state index contributed by atoms with van der Waals surface area (Å²) in [7, 11) is 0. The maximum absolute atomic E-state index is 12.2. The summed E-state index contributed by atoms with van der Waals surface area (Å²) in [5.74, 6) is 0.500. The molecule has 0 unspecified atom stereocenters. The molecule has 3 rings (SSSR count). The average molecular weight is 380 g/mol. The molecule has 1 aliphatic carbocycles. The van der Waals surface area contributed by atoms with Crippen LogP contribution in [0.3, 0.4) is 0 Å². The summed E-state index contributed by atoms with van der Waals surface area (Å²) in [4.78, 5) is 12.2. The summed E-state index contributed by atoms with van der Waals surface area (Å²) in [6.07, 6.45) is 3.29. The van der Waals surface area contributed by atoms with E-state index in [1.807, 2.05) is 19.9 Å². The molecule has 6 heteroatoms. The van der Waals surface area contributed by atoms with Crippen LogP contribution in [-0.2, 0) is 14.3 Å². The Kier molecular flexibility index (Phi) is 5.56. The molecule has 3 N–H and O–H groups in total. The van der Waals surface area contributed by atoms with Gasteiger partial charge in [-0.2, -0.15) is 0 Å². The molecule has 0 amide bonds. The number of ether oxygens (including phenoxy) is 2. The van der Waals surface area contributed by atoms with Crippen LogP contribution in [-0.4, -0.2) is 56.7 Å². The molecule has 27 heavy (non-hydrogen) atoms. The zero-order valence-electron chi connectivity index (χ0n) is 16.7. The van der Waals surface area contributed by atoms with Crippen molar-refractivity contribution in [1.29, 1.82) is 0 Å². The SMILES string of the molecule is C/C(=C\[C@H]1C[C@@]2(C)OC3=C(C[C@H]2O1)C(=O)CC[C@@H]3O)CC[C@H](O)C(C)(C)O.